The van der Waals surface area contributed by atoms with Crippen LogP contribution in [0.1, 0.15) is 45.2 Å². The number of nitriles is 1. The molecule has 68 heavy (non-hydrogen) atoms. The standard InChI is InChI=1S/C50H45Cl2N5O9S2/c1-30-49(67-50(54-30)56-17-19-63-20-18-56)68(60,61)57-27-38-25-45-44(65-29-46(66-45)36-12-14-39(15-13-36)64-28-33-7-16-40(51)41(52)21-33)24-37(38)23-43(57)47(58)55-42(48(59)62-2)22-31-3-8-34(9-4-31)35-10-5-32(26-53)6-11-35/h3-16,21,24-25,42-43,46H,17-20,22-23,27-29H2,1-2H3,(H,55,58)/t42?,43-,46+/m0/s1. The molecule has 0 saturated carbocycles. The van der Waals surface area contributed by atoms with Gasteiger partial charge < -0.3 is 33.9 Å². The number of carbonyl (C=O) groups is 2. The van der Waals surface area contributed by atoms with Crippen LogP contribution in [-0.4, -0.2) is 81.7 Å². The number of benzene rings is 5. The van der Waals surface area contributed by atoms with E-state index in [1.165, 1.54) is 11.4 Å². The van der Waals surface area contributed by atoms with Crippen LogP contribution in [0.5, 0.6) is 17.2 Å². The van der Waals surface area contributed by atoms with Crippen LogP contribution < -0.4 is 24.4 Å². The van der Waals surface area contributed by atoms with Crippen LogP contribution in [-0.2, 0) is 55.1 Å². The lowest BCUT2D eigenvalue weighted by Crippen LogP contribution is -2.56. The molecule has 0 bridgehead atoms. The number of ether oxygens (including phenoxy) is 5. The van der Waals surface area contributed by atoms with Gasteiger partial charge >= 0.3 is 5.97 Å². The molecule has 5 aromatic carbocycles. The van der Waals surface area contributed by atoms with E-state index in [0.29, 0.717) is 87.7 Å². The van der Waals surface area contributed by atoms with Gasteiger partial charge in [-0.15, -0.1) is 0 Å². The largest absolute Gasteiger partial charge is 0.489 e. The van der Waals surface area contributed by atoms with Crippen molar-refractivity contribution in [3.05, 3.63) is 152 Å². The van der Waals surface area contributed by atoms with E-state index in [-0.39, 0.29) is 30.2 Å². The van der Waals surface area contributed by atoms with Gasteiger partial charge in [0, 0.05) is 26.1 Å². The number of morpholine rings is 1. The SMILES string of the molecule is COC(=O)C(Cc1ccc(-c2ccc(C#N)cc2)cc1)NC(=O)[C@@H]1Cc2cc3c(cc2CN1S(=O)(=O)c1sc(N2CCOCC2)nc1C)O[C@@H](c1ccc(OCc2ccc(Cl)c(Cl)c2)cc1)CO3. The third kappa shape index (κ3) is 10.1. The number of fused-ring (bicyclic) bond motifs is 2. The molecule has 3 aliphatic heterocycles. The molecule has 3 atom stereocenters. The summed E-state index contributed by atoms with van der Waals surface area (Å²) in [5, 5.41) is 13.5. The Balaban J connectivity index is 0.965. The summed E-state index contributed by atoms with van der Waals surface area (Å²) in [5.41, 5.74) is 6.46. The first-order valence-electron chi connectivity index (χ1n) is 21.8. The molecule has 1 aromatic heterocycles. The summed E-state index contributed by atoms with van der Waals surface area (Å²) in [7, 11) is -3.13. The van der Waals surface area contributed by atoms with E-state index in [1.807, 2.05) is 71.6 Å². The molecule has 14 nitrogen and oxygen atoms in total. The van der Waals surface area contributed by atoms with Gasteiger partial charge in [-0.25, -0.2) is 18.2 Å². The number of halogens is 2. The van der Waals surface area contributed by atoms with Crippen molar-refractivity contribution in [2.75, 3.05) is 44.9 Å². The van der Waals surface area contributed by atoms with Gasteiger partial charge in [0.1, 0.15) is 31.0 Å². The molecule has 350 valence electrons. The summed E-state index contributed by atoms with van der Waals surface area (Å²) in [4.78, 5) is 34.6. The monoisotopic (exact) mass is 993 g/mol. The highest BCUT2D eigenvalue weighted by atomic mass is 35.5. The zero-order chi connectivity index (χ0) is 47.5. The van der Waals surface area contributed by atoms with E-state index < -0.39 is 40.1 Å². The predicted molar refractivity (Wildman–Crippen MR) is 257 cm³/mol. The van der Waals surface area contributed by atoms with Gasteiger partial charge in [0.2, 0.25) is 5.91 Å². The zero-order valence-electron chi connectivity index (χ0n) is 36.9. The van der Waals surface area contributed by atoms with E-state index in [9.17, 15) is 23.3 Å². The summed E-state index contributed by atoms with van der Waals surface area (Å²) in [6.45, 7) is 4.08. The van der Waals surface area contributed by atoms with Crippen molar-refractivity contribution in [3.63, 3.8) is 0 Å². The lowest BCUT2D eigenvalue weighted by molar-refractivity contribution is -0.145. The Kier molecular flexibility index (Phi) is 13.9. The summed E-state index contributed by atoms with van der Waals surface area (Å²) in [5.74, 6) is 0.181. The molecule has 1 saturated heterocycles. The van der Waals surface area contributed by atoms with Crippen molar-refractivity contribution in [2.45, 2.75) is 55.3 Å². The third-order valence-electron chi connectivity index (χ3n) is 12.1. The van der Waals surface area contributed by atoms with Gasteiger partial charge in [0.15, 0.2) is 26.9 Å². The average Bonchev–Trinajstić information content (AvgIpc) is 3.78. The van der Waals surface area contributed by atoms with Crippen molar-refractivity contribution in [1.82, 2.24) is 14.6 Å². The highest BCUT2D eigenvalue weighted by molar-refractivity contribution is 7.91. The molecule has 0 radical (unpaired) electrons. The minimum atomic E-state index is -4.37. The summed E-state index contributed by atoms with van der Waals surface area (Å²) < 4.78 is 60.6. The number of sulfonamides is 1. The van der Waals surface area contributed by atoms with E-state index in [4.69, 9.17) is 46.9 Å². The second-order valence-electron chi connectivity index (χ2n) is 16.5. The van der Waals surface area contributed by atoms with Crippen molar-refractivity contribution in [3.8, 4) is 34.4 Å². The Bertz CT molecular complexity index is 2990. The highest BCUT2D eigenvalue weighted by Crippen LogP contribution is 2.43. The quantitative estimate of drug-likeness (QED) is 0.110. The van der Waals surface area contributed by atoms with E-state index in [2.05, 4.69) is 16.4 Å². The molecule has 9 rings (SSSR count). The topological polar surface area (TPSA) is 170 Å². The molecular weight excluding hydrogens is 950 g/mol. The van der Waals surface area contributed by atoms with Gasteiger partial charge in [-0.1, -0.05) is 89.1 Å². The summed E-state index contributed by atoms with van der Waals surface area (Å²) in [6, 6.07) is 30.8. The normalized spacial score (nSPS) is 17.4. The Labute approximate surface area is 407 Å². The number of hydrogen-bond donors (Lipinski definition) is 1. The van der Waals surface area contributed by atoms with Crippen LogP contribution in [0.4, 0.5) is 5.13 Å². The molecule has 1 fully saturated rings. The number of carbonyl (C=O) groups excluding carboxylic acids is 2. The van der Waals surface area contributed by atoms with Crippen LogP contribution in [0.3, 0.4) is 0 Å². The number of nitrogens with zero attached hydrogens (tertiary/aromatic N) is 4. The molecule has 6 aromatic rings. The van der Waals surface area contributed by atoms with Gasteiger partial charge in [-0.3, -0.25) is 4.79 Å². The molecule has 18 heteroatoms. The fourth-order valence-corrected chi connectivity index (χ4v) is 11.9. The average molecular weight is 995 g/mol. The first-order chi connectivity index (χ1) is 32.9. The second-order valence-corrected chi connectivity index (χ2v) is 20.4. The summed E-state index contributed by atoms with van der Waals surface area (Å²) >= 11 is 13.3. The van der Waals surface area contributed by atoms with Crippen LogP contribution in [0.2, 0.25) is 10.0 Å². The molecule has 0 spiro atoms. The fourth-order valence-electron chi connectivity index (χ4n) is 8.36. The van der Waals surface area contributed by atoms with Gasteiger partial charge in [-0.05, 0) is 101 Å². The number of methoxy groups -OCH3 is 1. The number of hydrogen-bond acceptors (Lipinski definition) is 13. The van der Waals surface area contributed by atoms with Gasteiger partial charge in [-0.2, -0.15) is 9.57 Å². The number of anilines is 1. The molecule has 1 amide bonds. The maximum atomic E-state index is 15.0. The Morgan fingerprint density at radius 2 is 1.60 bits per heavy atom. The molecule has 3 aliphatic rings. The minimum Gasteiger partial charge on any atom is -0.489 e. The molecule has 0 aliphatic carbocycles. The number of thiazole rings is 1. The van der Waals surface area contributed by atoms with Gasteiger partial charge in [0.25, 0.3) is 10.0 Å². The number of rotatable bonds is 13. The predicted octanol–water partition coefficient (Wildman–Crippen LogP) is 8.24. The molecule has 1 N–H and O–H groups in total. The zero-order valence-corrected chi connectivity index (χ0v) is 40.1. The number of amides is 1. The number of nitrogens with one attached hydrogen (secondary N) is 1. The van der Waals surface area contributed by atoms with Crippen LogP contribution in [0, 0.1) is 18.3 Å². The van der Waals surface area contributed by atoms with E-state index in [1.54, 1.807) is 43.3 Å². The first-order valence-corrected chi connectivity index (χ1v) is 24.8. The van der Waals surface area contributed by atoms with Crippen molar-refractivity contribution in [2.24, 2.45) is 0 Å². The molecule has 1 unspecified atom stereocenters. The molecular formula is C50H45Cl2N5O9S2. The van der Waals surface area contributed by atoms with Crippen molar-refractivity contribution >= 4 is 61.6 Å². The fraction of sp³-hybridized carbons (Fsp3) is 0.280. The Morgan fingerprint density at radius 3 is 2.29 bits per heavy atom. The second kappa shape index (κ2) is 20.2. The van der Waals surface area contributed by atoms with E-state index >= 15 is 0 Å². The summed E-state index contributed by atoms with van der Waals surface area (Å²) in [6.07, 6.45) is -0.425. The first kappa shape index (κ1) is 46.9. The lowest BCUT2D eigenvalue weighted by Gasteiger charge is -2.36. The van der Waals surface area contributed by atoms with Crippen LogP contribution in [0.15, 0.2) is 107 Å². The van der Waals surface area contributed by atoms with Crippen molar-refractivity contribution < 1.29 is 41.7 Å². The third-order valence-corrected chi connectivity index (χ3v) is 16.5. The van der Waals surface area contributed by atoms with Gasteiger partial charge in [0.05, 0.1) is 47.7 Å². The van der Waals surface area contributed by atoms with Crippen LogP contribution >= 0.6 is 34.5 Å². The molecule has 4 heterocycles. The van der Waals surface area contributed by atoms with Crippen LogP contribution in [0.25, 0.3) is 11.1 Å². The number of aromatic nitrogens is 1. The van der Waals surface area contributed by atoms with E-state index in [0.717, 1.165) is 39.2 Å². The Hall–Kier alpha value is -6.19. The lowest BCUT2D eigenvalue weighted by atomic mass is 9.93. The Morgan fingerprint density at radius 1 is 0.912 bits per heavy atom. The number of aryl methyl sites for hydroxylation is 1. The maximum Gasteiger partial charge on any atom is 0.328 e. The number of esters is 1. The highest BCUT2D eigenvalue weighted by Gasteiger charge is 2.43. The smallest absolute Gasteiger partial charge is 0.328 e. The minimum absolute atomic E-state index is 0.0223. The maximum absolute atomic E-state index is 15.0. The van der Waals surface area contributed by atoms with Crippen molar-refractivity contribution in [1.29, 1.82) is 5.26 Å².